The Morgan fingerprint density at radius 2 is 1.81 bits per heavy atom. The molecule has 7 heteroatoms. The van der Waals surface area contributed by atoms with Crippen molar-refractivity contribution in [2.45, 2.75) is 38.5 Å². The van der Waals surface area contributed by atoms with Crippen molar-refractivity contribution in [2.24, 2.45) is 0 Å². The molecule has 3 aromatic rings. The van der Waals surface area contributed by atoms with Crippen LogP contribution in [0.2, 0.25) is 0 Å². The number of aryl methyl sites for hydroxylation is 1. The molecule has 3 rings (SSSR count). The van der Waals surface area contributed by atoms with E-state index in [-0.39, 0.29) is 11.7 Å². The molecule has 2 heterocycles. The summed E-state index contributed by atoms with van der Waals surface area (Å²) in [6, 6.07) is 11.8. The number of benzene rings is 1. The van der Waals surface area contributed by atoms with Gasteiger partial charge in [-0.3, -0.25) is 14.3 Å². The van der Waals surface area contributed by atoms with Crippen LogP contribution in [-0.4, -0.2) is 37.1 Å². The van der Waals surface area contributed by atoms with Crippen molar-refractivity contribution in [1.82, 2.24) is 19.7 Å². The highest BCUT2D eigenvalue weighted by atomic mass is 32.2. The van der Waals surface area contributed by atoms with Crippen LogP contribution in [-0.2, 0) is 9.53 Å². The molecule has 6 nitrogen and oxygen atoms in total. The quantitative estimate of drug-likeness (QED) is 0.489. The van der Waals surface area contributed by atoms with Crippen molar-refractivity contribution < 1.29 is 9.53 Å². The fourth-order valence-electron chi connectivity index (χ4n) is 2.58. The largest absolute Gasteiger partial charge is 0.459 e. The van der Waals surface area contributed by atoms with Gasteiger partial charge in [-0.2, -0.15) is 0 Å². The summed E-state index contributed by atoms with van der Waals surface area (Å²) in [5, 5.41) is 9.34. The van der Waals surface area contributed by atoms with E-state index in [0.717, 1.165) is 16.8 Å². The lowest BCUT2D eigenvalue weighted by atomic mass is 10.2. The Bertz CT molecular complexity index is 933. The second-order valence-electron chi connectivity index (χ2n) is 7.04. The first-order valence-corrected chi connectivity index (χ1v) is 9.60. The maximum absolute atomic E-state index is 12.1. The highest BCUT2D eigenvalue weighted by Crippen LogP contribution is 2.29. The van der Waals surface area contributed by atoms with Crippen LogP contribution >= 0.6 is 11.8 Å². The van der Waals surface area contributed by atoms with E-state index in [9.17, 15) is 4.79 Å². The average molecular weight is 382 g/mol. The second-order valence-corrected chi connectivity index (χ2v) is 7.98. The van der Waals surface area contributed by atoms with Crippen LogP contribution in [0.5, 0.6) is 0 Å². The molecule has 2 aromatic heterocycles. The topological polar surface area (TPSA) is 69.9 Å². The van der Waals surface area contributed by atoms with Gasteiger partial charge in [0.2, 0.25) is 0 Å². The summed E-state index contributed by atoms with van der Waals surface area (Å²) in [5.74, 6) is 0.591. The zero-order chi connectivity index (χ0) is 19.4. The minimum atomic E-state index is -0.510. The van der Waals surface area contributed by atoms with Crippen molar-refractivity contribution in [1.29, 1.82) is 0 Å². The van der Waals surface area contributed by atoms with Crippen LogP contribution in [0.3, 0.4) is 0 Å². The van der Waals surface area contributed by atoms with Crippen LogP contribution in [0.15, 0.2) is 53.9 Å². The smallest absolute Gasteiger partial charge is 0.316 e. The third kappa shape index (κ3) is 4.74. The number of hydrogen-bond acceptors (Lipinski definition) is 6. The molecule has 0 fully saturated rings. The number of nitrogens with zero attached hydrogens (tertiary/aromatic N) is 4. The van der Waals surface area contributed by atoms with Gasteiger partial charge in [-0.15, -0.1) is 10.2 Å². The summed E-state index contributed by atoms with van der Waals surface area (Å²) in [7, 11) is 0. The lowest BCUT2D eigenvalue weighted by Gasteiger charge is -2.19. The monoisotopic (exact) mass is 382 g/mol. The van der Waals surface area contributed by atoms with Crippen molar-refractivity contribution in [3.8, 4) is 17.1 Å². The third-order valence-corrected chi connectivity index (χ3v) is 4.57. The van der Waals surface area contributed by atoms with Crippen molar-refractivity contribution >= 4 is 17.7 Å². The first-order chi connectivity index (χ1) is 12.8. The van der Waals surface area contributed by atoms with E-state index in [0.29, 0.717) is 11.0 Å². The maximum Gasteiger partial charge on any atom is 0.316 e. The molecule has 0 unspecified atom stereocenters. The number of ether oxygens (including phenoxy) is 1. The Labute approximate surface area is 163 Å². The Kier molecular flexibility index (Phi) is 5.60. The van der Waals surface area contributed by atoms with Gasteiger partial charge < -0.3 is 4.74 Å². The highest BCUT2D eigenvalue weighted by Gasteiger charge is 2.21. The fraction of sp³-hybridized carbons (Fsp3) is 0.300. The lowest BCUT2D eigenvalue weighted by Crippen LogP contribution is -2.25. The van der Waals surface area contributed by atoms with Crippen LogP contribution in [0.1, 0.15) is 26.3 Å². The molecule has 140 valence electrons. The van der Waals surface area contributed by atoms with Crippen molar-refractivity contribution in [2.75, 3.05) is 5.75 Å². The number of para-hydroxylation sites is 1. The number of esters is 1. The van der Waals surface area contributed by atoms with Gasteiger partial charge in [-0.1, -0.05) is 30.0 Å². The van der Waals surface area contributed by atoms with Gasteiger partial charge in [0.05, 0.1) is 11.4 Å². The fourth-order valence-corrected chi connectivity index (χ4v) is 3.30. The zero-order valence-electron chi connectivity index (χ0n) is 15.8. The number of hydrogen-bond donors (Lipinski definition) is 0. The summed E-state index contributed by atoms with van der Waals surface area (Å²) in [6.45, 7) is 7.60. The first-order valence-electron chi connectivity index (χ1n) is 8.61. The van der Waals surface area contributed by atoms with Crippen molar-refractivity contribution in [3.05, 3.63) is 54.4 Å². The first kappa shape index (κ1) is 19.1. The van der Waals surface area contributed by atoms with E-state index >= 15 is 0 Å². The second kappa shape index (κ2) is 7.92. The number of aromatic nitrogens is 4. The van der Waals surface area contributed by atoms with Crippen LogP contribution in [0.4, 0.5) is 0 Å². The molecule has 0 bridgehead atoms. The van der Waals surface area contributed by atoms with Gasteiger partial charge >= 0.3 is 5.97 Å². The standard InChI is InChI=1S/C20H22N4O2S/c1-14-7-5-6-8-16(14)24-18(15-9-11-21-12-10-15)22-23-19(24)27-13-17(25)26-20(2,3)4/h5-12H,13H2,1-4H3. The van der Waals surface area contributed by atoms with E-state index < -0.39 is 5.60 Å². The number of rotatable bonds is 5. The highest BCUT2D eigenvalue weighted by molar-refractivity contribution is 7.99. The zero-order valence-corrected chi connectivity index (χ0v) is 16.7. The predicted octanol–water partition coefficient (Wildman–Crippen LogP) is 4.07. The summed E-state index contributed by atoms with van der Waals surface area (Å²) < 4.78 is 7.37. The molecule has 27 heavy (non-hydrogen) atoms. The molecule has 0 aliphatic rings. The molecule has 0 saturated heterocycles. The van der Waals surface area contributed by atoms with Gasteiger partial charge in [0.1, 0.15) is 5.60 Å². The average Bonchev–Trinajstić information content (AvgIpc) is 3.03. The van der Waals surface area contributed by atoms with Gasteiger partial charge in [0.25, 0.3) is 0 Å². The van der Waals surface area contributed by atoms with E-state index in [1.165, 1.54) is 11.8 Å². The van der Waals surface area contributed by atoms with E-state index in [1.54, 1.807) is 12.4 Å². The normalized spacial score (nSPS) is 11.4. The molecule has 0 aliphatic heterocycles. The molecule has 0 radical (unpaired) electrons. The van der Waals surface area contributed by atoms with Crippen molar-refractivity contribution in [3.63, 3.8) is 0 Å². The summed E-state index contributed by atoms with van der Waals surface area (Å²) in [5.41, 5.74) is 2.46. The molecule has 0 saturated carbocycles. The molecule has 0 amide bonds. The molecule has 0 spiro atoms. The molecule has 0 aliphatic carbocycles. The SMILES string of the molecule is Cc1ccccc1-n1c(SCC(=O)OC(C)(C)C)nnc1-c1ccncc1. The third-order valence-electron chi connectivity index (χ3n) is 3.67. The number of carbonyl (C=O) groups is 1. The van der Waals surface area contributed by atoms with E-state index in [4.69, 9.17) is 4.74 Å². The van der Waals surface area contributed by atoms with Crippen LogP contribution < -0.4 is 0 Å². The summed E-state index contributed by atoms with van der Waals surface area (Å²) in [6.07, 6.45) is 3.44. The van der Waals surface area contributed by atoms with Gasteiger partial charge in [-0.05, 0) is 51.5 Å². The molecular formula is C20H22N4O2S. The number of thioether (sulfide) groups is 1. The predicted molar refractivity (Wildman–Crippen MR) is 106 cm³/mol. The Morgan fingerprint density at radius 1 is 1.11 bits per heavy atom. The Morgan fingerprint density at radius 3 is 2.48 bits per heavy atom. The molecular weight excluding hydrogens is 360 g/mol. The van der Waals surface area contributed by atoms with E-state index in [2.05, 4.69) is 15.2 Å². The van der Waals surface area contributed by atoms with Crippen LogP contribution in [0.25, 0.3) is 17.1 Å². The summed E-state index contributed by atoms with van der Waals surface area (Å²) in [4.78, 5) is 16.2. The number of carbonyl (C=O) groups excluding carboxylic acids is 1. The minimum absolute atomic E-state index is 0.164. The Balaban J connectivity index is 1.96. The molecule has 0 atom stereocenters. The molecule has 1 aromatic carbocycles. The summed E-state index contributed by atoms with van der Waals surface area (Å²) >= 11 is 1.31. The number of pyridine rings is 1. The minimum Gasteiger partial charge on any atom is -0.459 e. The van der Waals surface area contributed by atoms with Gasteiger partial charge in [-0.25, -0.2) is 0 Å². The molecule has 0 N–H and O–H groups in total. The van der Waals surface area contributed by atoms with E-state index in [1.807, 2.05) is 68.7 Å². The van der Waals surface area contributed by atoms with Gasteiger partial charge in [0.15, 0.2) is 11.0 Å². The lowest BCUT2D eigenvalue weighted by molar-refractivity contribution is -0.151. The Hall–Kier alpha value is -2.67. The van der Waals surface area contributed by atoms with Crippen LogP contribution in [0, 0.1) is 6.92 Å². The maximum atomic E-state index is 12.1. The van der Waals surface area contributed by atoms with Gasteiger partial charge in [0, 0.05) is 18.0 Å².